The lowest BCUT2D eigenvalue weighted by Crippen LogP contribution is -2.14. The molecular formula is C25H26N4O2. The summed E-state index contributed by atoms with van der Waals surface area (Å²) in [6.07, 6.45) is 0. The number of hydrogen-bond donors (Lipinski definition) is 1. The van der Waals surface area contributed by atoms with Crippen LogP contribution in [0.25, 0.3) is 10.9 Å². The molecule has 0 unspecified atom stereocenters. The van der Waals surface area contributed by atoms with E-state index in [2.05, 4.69) is 15.4 Å². The Bertz CT molecular complexity index is 1290. The molecule has 0 aliphatic heterocycles. The molecule has 4 rings (SSSR count). The molecule has 0 fully saturated rings. The van der Waals surface area contributed by atoms with Gasteiger partial charge in [-0.25, -0.2) is 0 Å². The summed E-state index contributed by atoms with van der Waals surface area (Å²) < 4.78 is 7.35. The molecule has 6 nitrogen and oxygen atoms in total. The Labute approximate surface area is 181 Å². The number of ether oxygens (including phenoxy) is 1. The first-order valence-electron chi connectivity index (χ1n) is 10.2. The van der Waals surface area contributed by atoms with E-state index in [0.717, 1.165) is 50.5 Å². The molecule has 1 amide bonds. The molecule has 0 radical (unpaired) electrons. The van der Waals surface area contributed by atoms with Gasteiger partial charge in [0.15, 0.2) is 0 Å². The maximum absolute atomic E-state index is 13.3. The third-order valence-corrected chi connectivity index (χ3v) is 5.47. The summed E-state index contributed by atoms with van der Waals surface area (Å²) >= 11 is 0. The van der Waals surface area contributed by atoms with Crippen LogP contribution in [0.5, 0.6) is 5.75 Å². The normalized spacial score (nSPS) is 11.0. The molecule has 0 saturated heterocycles. The lowest BCUT2D eigenvalue weighted by Gasteiger charge is -2.11. The largest absolute Gasteiger partial charge is 0.496 e. The number of hydrogen-bond acceptors (Lipinski definition) is 4. The number of aromatic nitrogens is 3. The zero-order chi connectivity index (χ0) is 22.1. The van der Waals surface area contributed by atoms with Gasteiger partial charge in [-0.1, -0.05) is 29.8 Å². The van der Waals surface area contributed by atoms with E-state index in [4.69, 9.17) is 4.74 Å². The number of methoxy groups -OCH3 is 1. The van der Waals surface area contributed by atoms with Crippen molar-refractivity contribution in [1.29, 1.82) is 0 Å². The zero-order valence-electron chi connectivity index (χ0n) is 18.5. The Kier molecular flexibility index (Phi) is 5.46. The van der Waals surface area contributed by atoms with E-state index >= 15 is 0 Å². The number of para-hydroxylation sites is 1. The molecule has 0 spiro atoms. The number of pyridine rings is 1. The van der Waals surface area contributed by atoms with E-state index in [1.165, 1.54) is 0 Å². The summed E-state index contributed by atoms with van der Waals surface area (Å²) in [6.45, 7) is 8.34. The average Bonchev–Trinajstić information content (AvgIpc) is 3.01. The van der Waals surface area contributed by atoms with Crippen molar-refractivity contribution in [2.24, 2.45) is 0 Å². The van der Waals surface area contributed by atoms with Crippen LogP contribution in [0.3, 0.4) is 0 Å². The Morgan fingerprint density at radius 2 is 1.84 bits per heavy atom. The average molecular weight is 415 g/mol. The summed E-state index contributed by atoms with van der Waals surface area (Å²) in [5.74, 6) is 0.652. The van der Waals surface area contributed by atoms with Gasteiger partial charge in [-0.15, -0.1) is 0 Å². The van der Waals surface area contributed by atoms with Gasteiger partial charge >= 0.3 is 0 Å². The van der Waals surface area contributed by atoms with Crippen molar-refractivity contribution in [2.75, 3.05) is 12.4 Å². The summed E-state index contributed by atoms with van der Waals surface area (Å²) in [5, 5.41) is 8.59. The number of carbonyl (C=O) groups is 1. The van der Waals surface area contributed by atoms with Crippen molar-refractivity contribution in [2.45, 2.75) is 34.2 Å². The van der Waals surface area contributed by atoms with Gasteiger partial charge in [-0.2, -0.15) is 5.10 Å². The highest BCUT2D eigenvalue weighted by atomic mass is 16.5. The molecule has 158 valence electrons. The fourth-order valence-electron chi connectivity index (χ4n) is 3.87. The fraction of sp³-hybridized carbons (Fsp3) is 0.240. The van der Waals surface area contributed by atoms with E-state index in [1.807, 2.05) is 80.9 Å². The molecular weight excluding hydrogens is 388 g/mol. The monoisotopic (exact) mass is 414 g/mol. The van der Waals surface area contributed by atoms with Gasteiger partial charge in [0.1, 0.15) is 5.75 Å². The van der Waals surface area contributed by atoms with Crippen molar-refractivity contribution in [3.63, 3.8) is 0 Å². The first kappa shape index (κ1) is 20.6. The van der Waals surface area contributed by atoms with Gasteiger partial charge < -0.3 is 10.1 Å². The smallest absolute Gasteiger partial charge is 0.256 e. The molecule has 0 aliphatic carbocycles. The minimum Gasteiger partial charge on any atom is -0.496 e. The van der Waals surface area contributed by atoms with Crippen LogP contribution in [0.4, 0.5) is 5.69 Å². The Morgan fingerprint density at radius 3 is 2.61 bits per heavy atom. The van der Waals surface area contributed by atoms with E-state index in [9.17, 15) is 4.79 Å². The number of rotatable bonds is 5. The van der Waals surface area contributed by atoms with Crippen LogP contribution in [0.1, 0.15) is 38.6 Å². The van der Waals surface area contributed by atoms with Crippen molar-refractivity contribution in [1.82, 2.24) is 14.8 Å². The highest BCUT2D eigenvalue weighted by Crippen LogP contribution is 2.26. The summed E-state index contributed by atoms with van der Waals surface area (Å²) in [6, 6.07) is 15.7. The molecule has 0 aliphatic rings. The molecule has 6 heteroatoms. The maximum atomic E-state index is 13.3. The van der Waals surface area contributed by atoms with Gasteiger partial charge in [0.25, 0.3) is 5.91 Å². The van der Waals surface area contributed by atoms with E-state index in [0.29, 0.717) is 12.1 Å². The highest BCUT2D eigenvalue weighted by Gasteiger charge is 2.18. The van der Waals surface area contributed by atoms with E-state index in [1.54, 1.807) is 7.11 Å². The first-order valence-corrected chi connectivity index (χ1v) is 10.2. The van der Waals surface area contributed by atoms with Crippen molar-refractivity contribution in [3.05, 3.63) is 82.3 Å². The second-order valence-corrected chi connectivity index (χ2v) is 7.80. The Morgan fingerprint density at radius 1 is 1.06 bits per heavy atom. The number of amides is 1. The van der Waals surface area contributed by atoms with Crippen LogP contribution >= 0.6 is 0 Å². The molecule has 0 saturated carbocycles. The summed E-state index contributed by atoms with van der Waals surface area (Å²) in [7, 11) is 1.66. The molecule has 4 aromatic rings. The number of anilines is 1. The Balaban J connectivity index is 1.67. The lowest BCUT2D eigenvalue weighted by atomic mass is 10.0. The third kappa shape index (κ3) is 4.01. The van der Waals surface area contributed by atoms with Crippen LogP contribution in [-0.4, -0.2) is 27.8 Å². The number of nitrogens with zero attached hydrogens (tertiary/aromatic N) is 3. The van der Waals surface area contributed by atoms with E-state index < -0.39 is 0 Å². The molecule has 0 atom stereocenters. The number of carbonyl (C=O) groups excluding carboxylic acids is 1. The molecule has 31 heavy (non-hydrogen) atoms. The Hall–Kier alpha value is -3.67. The fourth-order valence-corrected chi connectivity index (χ4v) is 3.87. The van der Waals surface area contributed by atoms with Gasteiger partial charge in [0.05, 0.1) is 41.8 Å². The third-order valence-electron chi connectivity index (χ3n) is 5.47. The van der Waals surface area contributed by atoms with Crippen LogP contribution in [0.15, 0.2) is 48.5 Å². The van der Waals surface area contributed by atoms with E-state index in [-0.39, 0.29) is 5.91 Å². The van der Waals surface area contributed by atoms with Gasteiger partial charge in [-0.05, 0) is 52.0 Å². The standard InChI is InChI=1S/C25H26N4O2/c1-15-10-11-22-20(12-15)21(13-16(2)26-22)25(30)27-24-17(3)28-29(18(24)4)14-19-8-6-7-9-23(19)31-5/h6-13H,14H2,1-5H3,(H,27,30). The van der Waals surface area contributed by atoms with Crippen molar-refractivity contribution >= 4 is 22.5 Å². The molecule has 2 aromatic heterocycles. The van der Waals surface area contributed by atoms with Crippen molar-refractivity contribution in [3.8, 4) is 5.75 Å². The van der Waals surface area contributed by atoms with Crippen molar-refractivity contribution < 1.29 is 9.53 Å². The molecule has 1 N–H and O–H groups in total. The maximum Gasteiger partial charge on any atom is 0.256 e. The van der Waals surface area contributed by atoms with Crippen LogP contribution in [0.2, 0.25) is 0 Å². The summed E-state index contributed by atoms with van der Waals surface area (Å²) in [5.41, 5.74) is 6.74. The number of fused-ring (bicyclic) bond motifs is 1. The molecule has 0 bridgehead atoms. The molecule has 2 heterocycles. The van der Waals surface area contributed by atoms with Gasteiger partial charge in [0, 0.05) is 16.6 Å². The van der Waals surface area contributed by atoms with Crippen LogP contribution in [-0.2, 0) is 6.54 Å². The predicted octanol–water partition coefficient (Wildman–Crippen LogP) is 4.97. The zero-order valence-corrected chi connectivity index (χ0v) is 18.5. The van der Waals surface area contributed by atoms with Crippen LogP contribution < -0.4 is 10.1 Å². The minimum atomic E-state index is -0.163. The van der Waals surface area contributed by atoms with Gasteiger partial charge in [0.2, 0.25) is 0 Å². The number of benzene rings is 2. The molecule has 2 aromatic carbocycles. The number of aryl methyl sites for hydroxylation is 3. The SMILES string of the molecule is COc1ccccc1Cn1nc(C)c(NC(=O)c2cc(C)nc3ccc(C)cc23)c1C. The second-order valence-electron chi connectivity index (χ2n) is 7.80. The summed E-state index contributed by atoms with van der Waals surface area (Å²) in [4.78, 5) is 17.8. The van der Waals surface area contributed by atoms with Gasteiger partial charge in [-0.3, -0.25) is 14.5 Å². The number of nitrogens with one attached hydrogen (secondary N) is 1. The topological polar surface area (TPSA) is 69.0 Å². The van der Waals surface area contributed by atoms with Crippen LogP contribution in [0, 0.1) is 27.7 Å². The predicted molar refractivity (Wildman–Crippen MR) is 123 cm³/mol. The highest BCUT2D eigenvalue weighted by molar-refractivity contribution is 6.12. The lowest BCUT2D eigenvalue weighted by molar-refractivity contribution is 0.102. The quantitative estimate of drug-likeness (QED) is 0.500. The second kappa shape index (κ2) is 8.22. The first-order chi connectivity index (χ1) is 14.9. The minimum absolute atomic E-state index is 0.163.